The lowest BCUT2D eigenvalue weighted by Crippen LogP contribution is -2.17. The number of benzene rings is 2. The minimum absolute atomic E-state index is 0.0262. The third-order valence-electron chi connectivity index (χ3n) is 5.19. The molecule has 0 fully saturated rings. The fourth-order valence-corrected chi connectivity index (χ4v) is 5.30. The van der Waals surface area contributed by atoms with Crippen LogP contribution in [0.5, 0.6) is 5.75 Å². The number of ether oxygens (including phenoxy) is 3. The summed E-state index contributed by atoms with van der Waals surface area (Å²) in [6, 6.07) is 12.5. The summed E-state index contributed by atoms with van der Waals surface area (Å²) in [5.74, 6) is 0.824. The Bertz CT molecular complexity index is 1270. The van der Waals surface area contributed by atoms with E-state index < -0.39 is 0 Å². The first-order chi connectivity index (χ1) is 17.4. The van der Waals surface area contributed by atoms with Gasteiger partial charge in [0.25, 0.3) is 0 Å². The predicted molar refractivity (Wildman–Crippen MR) is 151 cm³/mol. The van der Waals surface area contributed by atoms with Gasteiger partial charge < -0.3 is 24.8 Å². The standard InChI is InChI=1S/C27H34N4O3S2/c1-27(2,3)36-26-16-20-21(31-19-5-6-25-23(15-19)30-18-35-25)7-8-29-22(20)17-24(26)34-14-13-33-12-11-32-10-9-28-4/h5-8,15-18,28H,9-14H2,1-4H3,(H,29,31). The first-order valence-corrected chi connectivity index (χ1v) is 13.8. The Morgan fingerprint density at radius 1 is 0.917 bits per heavy atom. The molecule has 7 nitrogen and oxygen atoms in total. The molecule has 4 aromatic rings. The SMILES string of the molecule is CNCCOCCOCCOc1cc2nccc(Nc3ccc4scnc4c3)c2cc1SC(C)(C)C. The molecule has 0 aliphatic rings. The quantitative estimate of drug-likeness (QED) is 0.160. The summed E-state index contributed by atoms with van der Waals surface area (Å²) in [6.45, 7) is 10.2. The Kier molecular flexibility index (Phi) is 9.39. The zero-order chi connectivity index (χ0) is 25.4. The van der Waals surface area contributed by atoms with Gasteiger partial charge >= 0.3 is 0 Å². The highest BCUT2D eigenvalue weighted by Gasteiger charge is 2.18. The number of anilines is 2. The van der Waals surface area contributed by atoms with Gasteiger partial charge in [0.1, 0.15) is 12.4 Å². The van der Waals surface area contributed by atoms with Crippen molar-refractivity contribution in [1.29, 1.82) is 0 Å². The number of nitrogens with zero attached hydrogens (tertiary/aromatic N) is 2. The molecule has 36 heavy (non-hydrogen) atoms. The zero-order valence-corrected chi connectivity index (χ0v) is 22.9. The summed E-state index contributed by atoms with van der Waals surface area (Å²) in [5, 5.41) is 7.66. The summed E-state index contributed by atoms with van der Waals surface area (Å²) in [4.78, 5) is 10.1. The van der Waals surface area contributed by atoms with Crippen LogP contribution in [0, 0.1) is 0 Å². The molecule has 2 heterocycles. The molecule has 0 saturated heterocycles. The number of aromatic nitrogens is 2. The minimum Gasteiger partial charge on any atom is -0.490 e. The van der Waals surface area contributed by atoms with E-state index in [1.807, 2.05) is 30.9 Å². The van der Waals surface area contributed by atoms with Gasteiger partial charge in [-0.15, -0.1) is 23.1 Å². The van der Waals surface area contributed by atoms with Crippen LogP contribution in [0.4, 0.5) is 11.4 Å². The lowest BCUT2D eigenvalue weighted by molar-refractivity contribution is 0.0373. The van der Waals surface area contributed by atoms with Crippen molar-refractivity contribution in [3.8, 4) is 5.75 Å². The molecule has 2 N–H and O–H groups in total. The summed E-state index contributed by atoms with van der Waals surface area (Å²) in [6.07, 6.45) is 1.82. The predicted octanol–water partition coefficient (Wildman–Crippen LogP) is 6.11. The van der Waals surface area contributed by atoms with Crippen LogP contribution in [-0.2, 0) is 9.47 Å². The summed E-state index contributed by atoms with van der Waals surface area (Å²) >= 11 is 3.43. The first-order valence-electron chi connectivity index (χ1n) is 12.1. The number of nitrogens with one attached hydrogen (secondary N) is 2. The van der Waals surface area contributed by atoms with E-state index in [0.29, 0.717) is 33.0 Å². The fraction of sp³-hybridized carbons (Fsp3) is 0.407. The molecule has 4 rings (SSSR count). The Morgan fingerprint density at radius 3 is 2.53 bits per heavy atom. The number of rotatable bonds is 13. The fourth-order valence-electron chi connectivity index (χ4n) is 3.58. The second-order valence-corrected chi connectivity index (χ2v) is 12.0. The minimum atomic E-state index is 0.0262. The van der Waals surface area contributed by atoms with Crippen molar-refractivity contribution in [1.82, 2.24) is 15.3 Å². The van der Waals surface area contributed by atoms with Gasteiger partial charge in [0.15, 0.2) is 0 Å². The van der Waals surface area contributed by atoms with E-state index in [9.17, 15) is 0 Å². The van der Waals surface area contributed by atoms with E-state index in [1.54, 1.807) is 23.1 Å². The third-order valence-corrected chi connectivity index (χ3v) is 7.15. The van der Waals surface area contributed by atoms with E-state index >= 15 is 0 Å². The van der Waals surface area contributed by atoms with E-state index in [0.717, 1.165) is 45.0 Å². The Balaban J connectivity index is 1.48. The lowest BCUT2D eigenvalue weighted by atomic mass is 10.1. The number of likely N-dealkylation sites (N-methyl/N-ethyl adjacent to an activating group) is 1. The number of pyridine rings is 1. The van der Waals surface area contributed by atoms with E-state index in [1.165, 1.54) is 4.70 Å². The van der Waals surface area contributed by atoms with Crippen LogP contribution in [0.3, 0.4) is 0 Å². The van der Waals surface area contributed by atoms with Crippen LogP contribution in [0.15, 0.2) is 53.0 Å². The maximum absolute atomic E-state index is 6.17. The molecule has 0 aliphatic heterocycles. The number of thioether (sulfide) groups is 1. The molecule has 0 amide bonds. The number of hydrogen-bond donors (Lipinski definition) is 2. The molecule has 0 spiro atoms. The highest BCUT2D eigenvalue weighted by Crippen LogP contribution is 2.41. The van der Waals surface area contributed by atoms with Crippen molar-refractivity contribution in [3.05, 3.63) is 48.1 Å². The van der Waals surface area contributed by atoms with Crippen LogP contribution >= 0.6 is 23.1 Å². The van der Waals surface area contributed by atoms with Gasteiger partial charge in [-0.3, -0.25) is 4.98 Å². The van der Waals surface area contributed by atoms with Crippen LogP contribution < -0.4 is 15.4 Å². The molecule has 0 bridgehead atoms. The smallest absolute Gasteiger partial charge is 0.135 e. The van der Waals surface area contributed by atoms with Gasteiger partial charge in [-0.2, -0.15) is 0 Å². The summed E-state index contributed by atoms with van der Waals surface area (Å²) in [7, 11) is 1.91. The second-order valence-electron chi connectivity index (χ2n) is 9.23. The van der Waals surface area contributed by atoms with Gasteiger partial charge in [0, 0.05) is 40.3 Å². The molecule has 0 unspecified atom stereocenters. The molecule has 0 radical (unpaired) electrons. The third kappa shape index (κ3) is 7.54. The molecule has 0 atom stereocenters. The van der Waals surface area contributed by atoms with E-state index in [4.69, 9.17) is 14.2 Å². The zero-order valence-electron chi connectivity index (χ0n) is 21.3. The van der Waals surface area contributed by atoms with Crippen molar-refractivity contribution >= 4 is 55.6 Å². The van der Waals surface area contributed by atoms with Crippen molar-refractivity contribution in [3.63, 3.8) is 0 Å². The molecular formula is C27H34N4O3S2. The topological polar surface area (TPSA) is 77.5 Å². The lowest BCUT2D eigenvalue weighted by Gasteiger charge is -2.21. The van der Waals surface area contributed by atoms with Crippen LogP contribution in [0.1, 0.15) is 20.8 Å². The van der Waals surface area contributed by atoms with Gasteiger partial charge in [-0.25, -0.2) is 4.98 Å². The second kappa shape index (κ2) is 12.7. The summed E-state index contributed by atoms with van der Waals surface area (Å²) in [5.41, 5.74) is 5.74. The van der Waals surface area contributed by atoms with Gasteiger partial charge in [0.05, 0.1) is 52.6 Å². The molecule has 9 heteroatoms. The largest absolute Gasteiger partial charge is 0.490 e. The molecular weight excluding hydrogens is 492 g/mol. The van der Waals surface area contributed by atoms with Crippen molar-refractivity contribution in [2.45, 2.75) is 30.4 Å². The van der Waals surface area contributed by atoms with Crippen LogP contribution in [0.2, 0.25) is 0 Å². The number of hydrogen-bond acceptors (Lipinski definition) is 9. The van der Waals surface area contributed by atoms with Crippen molar-refractivity contribution in [2.75, 3.05) is 51.9 Å². The number of thiazole rings is 1. The monoisotopic (exact) mass is 526 g/mol. The van der Waals surface area contributed by atoms with Crippen LogP contribution in [-0.4, -0.2) is 61.3 Å². The Morgan fingerprint density at radius 2 is 1.72 bits per heavy atom. The normalized spacial score (nSPS) is 11.9. The van der Waals surface area contributed by atoms with Crippen molar-refractivity contribution < 1.29 is 14.2 Å². The van der Waals surface area contributed by atoms with Crippen LogP contribution in [0.25, 0.3) is 21.1 Å². The van der Waals surface area contributed by atoms with Gasteiger partial charge in [-0.05, 0) is 37.4 Å². The Labute approximate surface area is 221 Å². The van der Waals surface area contributed by atoms with Crippen molar-refractivity contribution in [2.24, 2.45) is 0 Å². The molecule has 0 aliphatic carbocycles. The highest BCUT2D eigenvalue weighted by molar-refractivity contribution is 8.00. The highest BCUT2D eigenvalue weighted by atomic mass is 32.2. The first kappa shape index (κ1) is 26.6. The van der Waals surface area contributed by atoms with Gasteiger partial charge in [-0.1, -0.05) is 20.8 Å². The molecule has 192 valence electrons. The average Bonchev–Trinajstić information content (AvgIpc) is 3.31. The van der Waals surface area contributed by atoms with Gasteiger partial charge in [0.2, 0.25) is 0 Å². The maximum Gasteiger partial charge on any atom is 0.135 e. The summed E-state index contributed by atoms with van der Waals surface area (Å²) < 4.78 is 18.5. The number of fused-ring (bicyclic) bond motifs is 2. The van der Waals surface area contributed by atoms with E-state index in [2.05, 4.69) is 65.6 Å². The molecule has 0 saturated carbocycles. The molecule has 2 aromatic carbocycles. The maximum atomic E-state index is 6.17. The Hall–Kier alpha value is -2.43. The average molecular weight is 527 g/mol. The van der Waals surface area contributed by atoms with E-state index in [-0.39, 0.29) is 4.75 Å². The molecule has 2 aromatic heterocycles.